The van der Waals surface area contributed by atoms with Gasteiger partial charge in [0, 0.05) is 0 Å². The molecule has 0 saturated carbocycles. The number of hydrogen-bond acceptors (Lipinski definition) is 2. The van der Waals surface area contributed by atoms with E-state index in [0.29, 0.717) is 12.8 Å². The van der Waals surface area contributed by atoms with E-state index >= 15 is 0 Å². The number of rotatable bonds is 21. The number of alkyl halides is 1. The van der Waals surface area contributed by atoms with E-state index in [1.54, 1.807) is 0 Å². The Morgan fingerprint density at radius 1 is 0.571 bits per heavy atom. The second kappa shape index (κ2) is 17.7. The van der Waals surface area contributed by atoms with Gasteiger partial charge in [0.25, 0.3) is 10.1 Å². The van der Waals surface area contributed by atoms with E-state index in [1.165, 1.54) is 64.2 Å². The summed E-state index contributed by atoms with van der Waals surface area (Å²) in [5.74, 6) is 0. The molecule has 0 bridgehead atoms. The first-order chi connectivity index (χ1) is 13.4. The lowest BCUT2D eigenvalue weighted by Crippen LogP contribution is -2.33. The molecule has 0 amide bonds. The SMILES string of the molecule is CCCCCCCCCCCC(F)(CCCCCCCCCCC)S(=O)(=O)O. The predicted molar refractivity (Wildman–Crippen MR) is 119 cm³/mol. The molecule has 0 aromatic heterocycles. The van der Waals surface area contributed by atoms with E-state index in [2.05, 4.69) is 13.8 Å². The molecule has 0 aliphatic carbocycles. The minimum Gasteiger partial charge on any atom is -0.283 e. The maximum absolute atomic E-state index is 14.9. The molecule has 0 saturated heterocycles. The van der Waals surface area contributed by atoms with Crippen LogP contribution in [0.2, 0.25) is 0 Å². The fourth-order valence-corrected chi connectivity index (χ4v) is 4.59. The smallest absolute Gasteiger partial charge is 0.283 e. The van der Waals surface area contributed by atoms with Crippen LogP contribution in [-0.2, 0) is 10.1 Å². The van der Waals surface area contributed by atoms with Gasteiger partial charge >= 0.3 is 0 Å². The highest BCUT2D eigenvalue weighted by Gasteiger charge is 2.42. The summed E-state index contributed by atoms with van der Waals surface area (Å²) in [7, 11) is -4.65. The number of unbranched alkanes of at least 4 members (excludes halogenated alkanes) is 16. The van der Waals surface area contributed by atoms with Crippen molar-refractivity contribution >= 4 is 10.1 Å². The average molecular weight is 423 g/mol. The van der Waals surface area contributed by atoms with E-state index in [4.69, 9.17) is 0 Å². The van der Waals surface area contributed by atoms with Gasteiger partial charge in [-0.1, -0.05) is 117 Å². The molecule has 0 aliphatic rings. The predicted octanol–water partition coefficient (Wildman–Crippen LogP) is 8.38. The summed E-state index contributed by atoms with van der Waals surface area (Å²) in [6.45, 7) is 4.40. The van der Waals surface area contributed by atoms with Crippen LogP contribution in [0.3, 0.4) is 0 Å². The van der Waals surface area contributed by atoms with Crippen molar-refractivity contribution in [2.75, 3.05) is 0 Å². The van der Waals surface area contributed by atoms with E-state index in [-0.39, 0.29) is 12.8 Å². The zero-order chi connectivity index (χ0) is 21.1. The van der Waals surface area contributed by atoms with Crippen molar-refractivity contribution in [3.05, 3.63) is 0 Å². The van der Waals surface area contributed by atoms with Gasteiger partial charge in [-0.15, -0.1) is 0 Å². The molecular weight excluding hydrogens is 375 g/mol. The van der Waals surface area contributed by atoms with Crippen molar-refractivity contribution < 1.29 is 17.4 Å². The Hall–Kier alpha value is -0.160. The monoisotopic (exact) mass is 422 g/mol. The fourth-order valence-electron chi connectivity index (χ4n) is 3.78. The quantitative estimate of drug-likeness (QED) is 0.149. The van der Waals surface area contributed by atoms with Gasteiger partial charge in [-0.2, -0.15) is 8.42 Å². The molecule has 0 fully saturated rings. The van der Waals surface area contributed by atoms with E-state index in [1.807, 2.05) is 0 Å². The van der Waals surface area contributed by atoms with Crippen LogP contribution in [-0.4, -0.2) is 18.0 Å². The second-order valence-electron chi connectivity index (χ2n) is 8.52. The minimum absolute atomic E-state index is 0.0707. The maximum Gasteiger partial charge on any atom is 0.300 e. The summed E-state index contributed by atoms with van der Waals surface area (Å²) in [4.78, 5) is 0. The molecule has 0 spiro atoms. The first-order valence-corrected chi connectivity index (χ1v) is 13.5. The summed E-state index contributed by atoms with van der Waals surface area (Å²) in [5, 5.41) is -2.45. The summed E-state index contributed by atoms with van der Waals surface area (Å²) in [6, 6.07) is 0. The van der Waals surface area contributed by atoms with Crippen molar-refractivity contribution in [2.24, 2.45) is 0 Å². The van der Waals surface area contributed by atoms with Gasteiger partial charge in [-0.25, -0.2) is 4.39 Å². The van der Waals surface area contributed by atoms with Crippen LogP contribution in [0.15, 0.2) is 0 Å². The highest BCUT2D eigenvalue weighted by molar-refractivity contribution is 7.87. The lowest BCUT2D eigenvalue weighted by atomic mass is 10.0. The molecule has 5 heteroatoms. The van der Waals surface area contributed by atoms with Gasteiger partial charge in [0.15, 0.2) is 0 Å². The lowest BCUT2D eigenvalue weighted by Gasteiger charge is -2.22. The Balaban J connectivity index is 3.89. The van der Waals surface area contributed by atoms with Crippen LogP contribution >= 0.6 is 0 Å². The van der Waals surface area contributed by atoms with E-state index in [0.717, 1.165) is 38.5 Å². The van der Waals surface area contributed by atoms with Crippen molar-refractivity contribution in [1.29, 1.82) is 0 Å². The Labute approximate surface area is 175 Å². The lowest BCUT2D eigenvalue weighted by molar-refractivity contribution is 0.203. The summed E-state index contributed by atoms with van der Waals surface area (Å²) < 4.78 is 47.4. The standard InChI is InChI=1S/C23H47FO3S/c1-3-5-7-9-11-13-15-17-19-21-23(24,28(25,26)27)22-20-18-16-14-12-10-8-6-4-2/h3-22H2,1-2H3,(H,25,26,27). The molecule has 0 aromatic carbocycles. The largest absolute Gasteiger partial charge is 0.300 e. The van der Waals surface area contributed by atoms with Crippen LogP contribution in [0.1, 0.15) is 142 Å². The molecule has 1 N–H and O–H groups in total. The molecule has 0 atom stereocenters. The maximum atomic E-state index is 14.9. The van der Waals surface area contributed by atoms with Crippen LogP contribution in [0.5, 0.6) is 0 Å². The Bertz CT molecular complexity index is 415. The summed E-state index contributed by atoms with van der Waals surface area (Å²) >= 11 is 0. The third-order valence-corrected chi connectivity index (χ3v) is 7.10. The summed E-state index contributed by atoms with van der Waals surface area (Å²) in [5.41, 5.74) is 0. The van der Waals surface area contributed by atoms with Crippen molar-refractivity contribution in [1.82, 2.24) is 0 Å². The Kier molecular flexibility index (Phi) is 17.6. The molecule has 0 heterocycles. The van der Waals surface area contributed by atoms with Crippen molar-refractivity contribution in [3.8, 4) is 0 Å². The number of hydrogen-bond donors (Lipinski definition) is 1. The first-order valence-electron chi connectivity index (χ1n) is 12.0. The first kappa shape index (κ1) is 27.8. The van der Waals surface area contributed by atoms with Gasteiger partial charge in [-0.05, 0) is 25.7 Å². The fraction of sp³-hybridized carbons (Fsp3) is 1.00. The highest BCUT2D eigenvalue weighted by Crippen LogP contribution is 2.32. The van der Waals surface area contributed by atoms with Gasteiger partial charge in [0.05, 0.1) is 0 Å². The van der Waals surface area contributed by atoms with Gasteiger partial charge in [-0.3, -0.25) is 4.55 Å². The van der Waals surface area contributed by atoms with Crippen LogP contribution in [0, 0.1) is 0 Å². The van der Waals surface area contributed by atoms with Gasteiger partial charge in [0.2, 0.25) is 5.00 Å². The van der Waals surface area contributed by atoms with Crippen LogP contribution in [0.4, 0.5) is 4.39 Å². The molecule has 0 aliphatic heterocycles. The molecule has 0 radical (unpaired) electrons. The molecule has 170 valence electrons. The Morgan fingerprint density at radius 3 is 1.07 bits per heavy atom. The molecule has 0 aromatic rings. The molecule has 0 rings (SSSR count). The molecule has 28 heavy (non-hydrogen) atoms. The average Bonchev–Trinajstić information content (AvgIpc) is 2.64. The Morgan fingerprint density at radius 2 is 0.821 bits per heavy atom. The van der Waals surface area contributed by atoms with Crippen LogP contribution in [0.25, 0.3) is 0 Å². The van der Waals surface area contributed by atoms with E-state index in [9.17, 15) is 17.4 Å². The number of halogens is 1. The van der Waals surface area contributed by atoms with Gasteiger partial charge in [0.1, 0.15) is 0 Å². The van der Waals surface area contributed by atoms with Crippen molar-refractivity contribution in [3.63, 3.8) is 0 Å². The molecule has 3 nitrogen and oxygen atoms in total. The normalized spacial score (nSPS) is 12.6. The molecular formula is C23H47FO3S. The minimum atomic E-state index is -4.65. The zero-order valence-electron chi connectivity index (χ0n) is 18.7. The summed E-state index contributed by atoms with van der Waals surface area (Å²) in [6.07, 6.45) is 19.5. The van der Waals surface area contributed by atoms with Crippen molar-refractivity contribution in [2.45, 2.75) is 147 Å². The van der Waals surface area contributed by atoms with Crippen LogP contribution < -0.4 is 0 Å². The molecule has 0 unspecified atom stereocenters. The second-order valence-corrected chi connectivity index (χ2v) is 10.2. The third kappa shape index (κ3) is 14.8. The highest BCUT2D eigenvalue weighted by atomic mass is 32.2. The van der Waals surface area contributed by atoms with E-state index < -0.39 is 15.1 Å². The van der Waals surface area contributed by atoms with Gasteiger partial charge < -0.3 is 0 Å². The zero-order valence-corrected chi connectivity index (χ0v) is 19.5. The third-order valence-electron chi connectivity index (χ3n) is 5.77. The topological polar surface area (TPSA) is 54.4 Å².